The molecule has 0 N–H and O–H groups in total. The number of hydrogen-bond donors (Lipinski definition) is 0. The van der Waals surface area contributed by atoms with E-state index in [1.54, 1.807) is 49.4 Å². The van der Waals surface area contributed by atoms with Gasteiger partial charge >= 0.3 is 5.97 Å². The van der Waals surface area contributed by atoms with E-state index in [-0.39, 0.29) is 17.7 Å². The number of Topliss-reactive ketones (excluding diaryl/α,β-unsaturated/α-hetero) is 2. The van der Waals surface area contributed by atoms with Crippen LogP contribution in [0, 0.1) is 5.92 Å². The van der Waals surface area contributed by atoms with E-state index < -0.39 is 23.5 Å². The standard InChI is InChI=1S/C19H18O5/c1-3-24-19(22)16(17(20)13-8-5-4-6-9-13)18(21)14-10-7-11-15(12-14)23-2/h4-12,16H,3H2,1-2H3. The monoisotopic (exact) mass is 326 g/mol. The van der Waals surface area contributed by atoms with Gasteiger partial charge in [-0.25, -0.2) is 0 Å². The average molecular weight is 326 g/mol. The van der Waals surface area contributed by atoms with Gasteiger partial charge in [0.15, 0.2) is 17.5 Å². The molecule has 0 spiro atoms. The number of esters is 1. The topological polar surface area (TPSA) is 69.7 Å². The van der Waals surface area contributed by atoms with Crippen LogP contribution in [0.4, 0.5) is 0 Å². The summed E-state index contributed by atoms with van der Waals surface area (Å²) in [4.78, 5) is 37.7. The largest absolute Gasteiger partial charge is 0.497 e. The minimum Gasteiger partial charge on any atom is -0.497 e. The molecule has 2 rings (SSSR count). The van der Waals surface area contributed by atoms with Crippen LogP contribution < -0.4 is 4.74 Å². The van der Waals surface area contributed by atoms with Crippen LogP contribution in [-0.4, -0.2) is 31.3 Å². The third-order valence-electron chi connectivity index (χ3n) is 3.46. The van der Waals surface area contributed by atoms with E-state index in [4.69, 9.17) is 9.47 Å². The van der Waals surface area contributed by atoms with Gasteiger partial charge in [-0.05, 0) is 19.1 Å². The lowest BCUT2D eigenvalue weighted by atomic mass is 9.90. The van der Waals surface area contributed by atoms with Crippen molar-refractivity contribution in [2.75, 3.05) is 13.7 Å². The molecule has 0 bridgehead atoms. The average Bonchev–Trinajstić information content (AvgIpc) is 2.62. The molecule has 0 aliphatic carbocycles. The first kappa shape index (κ1) is 17.4. The number of hydrogen-bond acceptors (Lipinski definition) is 5. The number of benzene rings is 2. The molecule has 1 unspecified atom stereocenters. The highest BCUT2D eigenvalue weighted by atomic mass is 16.5. The Morgan fingerprint density at radius 3 is 2.17 bits per heavy atom. The zero-order chi connectivity index (χ0) is 17.5. The molecule has 0 aliphatic rings. The van der Waals surface area contributed by atoms with Gasteiger partial charge in [-0.2, -0.15) is 0 Å². The van der Waals surface area contributed by atoms with Crippen molar-refractivity contribution in [3.05, 3.63) is 65.7 Å². The number of rotatable bonds is 7. The molecule has 0 saturated carbocycles. The minimum atomic E-state index is -1.53. The molecule has 0 fully saturated rings. The minimum absolute atomic E-state index is 0.0861. The lowest BCUT2D eigenvalue weighted by Gasteiger charge is -2.14. The molecule has 5 nitrogen and oxygen atoms in total. The van der Waals surface area contributed by atoms with Crippen molar-refractivity contribution >= 4 is 17.5 Å². The highest BCUT2D eigenvalue weighted by Crippen LogP contribution is 2.20. The van der Waals surface area contributed by atoms with E-state index in [9.17, 15) is 14.4 Å². The number of methoxy groups -OCH3 is 1. The highest BCUT2D eigenvalue weighted by Gasteiger charge is 2.36. The molecule has 0 aromatic heterocycles. The number of ketones is 2. The van der Waals surface area contributed by atoms with Crippen LogP contribution in [0.3, 0.4) is 0 Å². The molecule has 2 aromatic carbocycles. The van der Waals surface area contributed by atoms with Crippen LogP contribution in [0.5, 0.6) is 5.75 Å². The van der Waals surface area contributed by atoms with Crippen LogP contribution in [0.15, 0.2) is 54.6 Å². The first-order chi connectivity index (χ1) is 11.6. The Balaban J connectivity index is 2.40. The summed E-state index contributed by atoms with van der Waals surface area (Å²) >= 11 is 0. The Bertz CT molecular complexity index is 736. The molecule has 24 heavy (non-hydrogen) atoms. The molecule has 124 valence electrons. The Morgan fingerprint density at radius 1 is 0.917 bits per heavy atom. The second kappa shape index (κ2) is 8.06. The molecule has 0 heterocycles. The Kier molecular flexibility index (Phi) is 5.84. The van der Waals surface area contributed by atoms with E-state index in [0.717, 1.165) is 0 Å². The van der Waals surface area contributed by atoms with Gasteiger partial charge in [0.05, 0.1) is 13.7 Å². The lowest BCUT2D eigenvalue weighted by Crippen LogP contribution is -2.33. The zero-order valence-corrected chi connectivity index (χ0v) is 13.5. The van der Waals surface area contributed by atoms with Gasteiger partial charge in [0.1, 0.15) is 5.75 Å². The van der Waals surface area contributed by atoms with Crippen molar-refractivity contribution in [3.63, 3.8) is 0 Å². The third kappa shape index (κ3) is 3.87. The second-order valence-electron chi connectivity index (χ2n) is 5.01. The van der Waals surface area contributed by atoms with Gasteiger partial charge in [0.25, 0.3) is 0 Å². The van der Waals surface area contributed by atoms with Crippen molar-refractivity contribution < 1.29 is 23.9 Å². The Morgan fingerprint density at radius 2 is 1.54 bits per heavy atom. The van der Waals surface area contributed by atoms with E-state index >= 15 is 0 Å². The summed E-state index contributed by atoms with van der Waals surface area (Å²) in [6, 6.07) is 14.6. The summed E-state index contributed by atoms with van der Waals surface area (Å²) in [7, 11) is 1.47. The van der Waals surface area contributed by atoms with Gasteiger partial charge < -0.3 is 9.47 Å². The smallest absolute Gasteiger partial charge is 0.324 e. The van der Waals surface area contributed by atoms with Gasteiger partial charge in [0, 0.05) is 11.1 Å². The first-order valence-corrected chi connectivity index (χ1v) is 7.52. The summed E-state index contributed by atoms with van der Waals surface area (Å²) in [6.45, 7) is 1.71. The molecule has 0 saturated heterocycles. The van der Waals surface area contributed by atoms with Crippen LogP contribution in [-0.2, 0) is 9.53 Å². The summed E-state index contributed by atoms with van der Waals surface area (Å²) < 4.78 is 10.0. The molecular formula is C19H18O5. The fraction of sp³-hybridized carbons (Fsp3) is 0.211. The van der Waals surface area contributed by atoms with Crippen molar-refractivity contribution in [2.24, 2.45) is 5.92 Å². The first-order valence-electron chi connectivity index (χ1n) is 7.52. The number of carbonyl (C=O) groups is 3. The van der Waals surface area contributed by atoms with Gasteiger partial charge in [-0.15, -0.1) is 0 Å². The molecule has 0 amide bonds. The molecule has 0 aliphatic heterocycles. The van der Waals surface area contributed by atoms with Gasteiger partial charge in [-0.3, -0.25) is 14.4 Å². The highest BCUT2D eigenvalue weighted by molar-refractivity contribution is 6.26. The van der Waals surface area contributed by atoms with E-state index in [2.05, 4.69) is 0 Å². The lowest BCUT2D eigenvalue weighted by molar-refractivity contribution is -0.144. The van der Waals surface area contributed by atoms with Crippen LogP contribution in [0.2, 0.25) is 0 Å². The third-order valence-corrected chi connectivity index (χ3v) is 3.46. The summed E-state index contributed by atoms with van der Waals surface area (Å²) in [5, 5.41) is 0. The summed E-state index contributed by atoms with van der Waals surface area (Å²) in [5.41, 5.74) is 0.503. The fourth-order valence-electron chi connectivity index (χ4n) is 2.27. The maximum absolute atomic E-state index is 12.8. The van der Waals surface area contributed by atoms with Crippen molar-refractivity contribution in [2.45, 2.75) is 6.92 Å². The van der Waals surface area contributed by atoms with Gasteiger partial charge in [-0.1, -0.05) is 42.5 Å². The predicted octanol–water partition coefficient (Wildman–Crippen LogP) is 2.94. The molecule has 1 atom stereocenters. The van der Waals surface area contributed by atoms with Crippen LogP contribution in [0.1, 0.15) is 27.6 Å². The molecular weight excluding hydrogens is 308 g/mol. The zero-order valence-electron chi connectivity index (χ0n) is 13.5. The number of carbonyl (C=O) groups excluding carboxylic acids is 3. The summed E-state index contributed by atoms with van der Waals surface area (Å²) in [6.07, 6.45) is 0. The number of ether oxygens (including phenoxy) is 2. The predicted molar refractivity (Wildman–Crippen MR) is 88.2 cm³/mol. The maximum Gasteiger partial charge on any atom is 0.324 e. The Hall–Kier alpha value is -2.95. The molecule has 5 heteroatoms. The molecule has 0 radical (unpaired) electrons. The van der Waals surface area contributed by atoms with Crippen LogP contribution >= 0.6 is 0 Å². The maximum atomic E-state index is 12.8. The SMILES string of the molecule is CCOC(=O)C(C(=O)c1ccccc1)C(=O)c1cccc(OC)c1. The summed E-state index contributed by atoms with van der Waals surface area (Å²) in [5.74, 6) is -3.10. The van der Waals surface area contributed by atoms with E-state index in [0.29, 0.717) is 5.75 Å². The van der Waals surface area contributed by atoms with E-state index in [1.807, 2.05) is 0 Å². The van der Waals surface area contributed by atoms with Crippen molar-refractivity contribution in [1.29, 1.82) is 0 Å². The van der Waals surface area contributed by atoms with Gasteiger partial charge in [0.2, 0.25) is 0 Å². The fourth-order valence-corrected chi connectivity index (χ4v) is 2.27. The molecule has 2 aromatic rings. The van der Waals surface area contributed by atoms with Crippen LogP contribution in [0.25, 0.3) is 0 Å². The normalized spacial score (nSPS) is 11.4. The van der Waals surface area contributed by atoms with Crippen molar-refractivity contribution in [1.82, 2.24) is 0 Å². The van der Waals surface area contributed by atoms with E-state index in [1.165, 1.54) is 19.2 Å². The van der Waals surface area contributed by atoms with Crippen molar-refractivity contribution in [3.8, 4) is 5.75 Å². The quantitative estimate of drug-likeness (QED) is 0.444. The second-order valence-corrected chi connectivity index (χ2v) is 5.01. The Labute approximate surface area is 140 Å².